The van der Waals surface area contributed by atoms with Crippen LogP contribution in [0.4, 0.5) is 8.78 Å². The summed E-state index contributed by atoms with van der Waals surface area (Å²) in [6, 6.07) is 2.73. The molecule has 2 rings (SSSR count). The van der Waals surface area contributed by atoms with Crippen molar-refractivity contribution in [3.63, 3.8) is 0 Å². The van der Waals surface area contributed by atoms with E-state index in [9.17, 15) is 23.2 Å². The summed E-state index contributed by atoms with van der Waals surface area (Å²) in [5, 5.41) is 2.72. The average Bonchev–Trinajstić information content (AvgIpc) is 2.64. The number of Topliss-reactive ketones (excluding diaryl/α,β-unsaturated/α-hetero) is 1. The largest absolute Gasteiger partial charge is 0.355 e. The number of ketones is 1. The highest BCUT2D eigenvalue weighted by Gasteiger charge is 2.28. The van der Waals surface area contributed by atoms with Crippen LogP contribution in [0.3, 0.4) is 0 Å². The number of nitrogens with one attached hydrogen (secondary N) is 1. The Labute approximate surface area is 150 Å². The Kier molecular flexibility index (Phi) is 7.20. The average molecular weight is 367 g/mol. The molecule has 1 atom stereocenters. The van der Waals surface area contributed by atoms with Gasteiger partial charge in [0.25, 0.3) is 0 Å². The van der Waals surface area contributed by atoms with E-state index in [-0.39, 0.29) is 36.1 Å². The quantitative estimate of drug-likeness (QED) is 0.709. The molecule has 1 heterocycles. The zero-order chi connectivity index (χ0) is 19.1. The highest BCUT2D eigenvalue weighted by Crippen LogP contribution is 2.19. The normalized spacial score (nSPS) is 17.0. The van der Waals surface area contributed by atoms with Gasteiger partial charge < -0.3 is 16.0 Å². The maximum atomic E-state index is 13.6. The lowest BCUT2D eigenvalue weighted by atomic mass is 9.96. The molecule has 1 aromatic rings. The number of nitrogens with zero attached hydrogens (tertiary/aromatic N) is 1. The Morgan fingerprint density at radius 3 is 2.69 bits per heavy atom. The predicted octanol–water partition coefficient (Wildman–Crippen LogP) is 1.24. The van der Waals surface area contributed by atoms with Crippen molar-refractivity contribution in [1.82, 2.24) is 10.2 Å². The lowest BCUT2D eigenvalue weighted by molar-refractivity contribution is -0.135. The summed E-state index contributed by atoms with van der Waals surface area (Å²) in [6.45, 7) is 1.57. The molecular formula is C18H23F2N3O3. The molecule has 1 fully saturated rings. The Hall–Kier alpha value is -2.35. The number of hydrogen-bond acceptors (Lipinski definition) is 4. The first-order chi connectivity index (χ1) is 12.4. The second-order valence-electron chi connectivity index (χ2n) is 6.31. The topological polar surface area (TPSA) is 92.5 Å². The first kappa shape index (κ1) is 20.0. The lowest BCUT2D eigenvalue weighted by Gasteiger charge is -2.32. The van der Waals surface area contributed by atoms with Crippen LogP contribution in [0.15, 0.2) is 18.2 Å². The van der Waals surface area contributed by atoms with Crippen LogP contribution in [0.1, 0.15) is 36.0 Å². The standard InChI is InChI=1S/C18H23F2N3O3/c19-13-3-4-14(15(20)10-13)16(24)5-6-17(25)23-9-1-2-12(11-23)18(26)22-8-7-21/h3-4,10,12H,1-2,5-9,11,21H2,(H,22,26). The molecule has 0 bridgehead atoms. The molecule has 1 aliphatic heterocycles. The summed E-state index contributed by atoms with van der Waals surface area (Å²) in [6.07, 6.45) is 1.15. The Morgan fingerprint density at radius 2 is 2.00 bits per heavy atom. The van der Waals surface area contributed by atoms with Gasteiger partial charge in [0.1, 0.15) is 11.6 Å². The van der Waals surface area contributed by atoms with Gasteiger partial charge in [-0.2, -0.15) is 0 Å². The van der Waals surface area contributed by atoms with E-state index in [1.54, 1.807) is 4.90 Å². The molecule has 0 aromatic heterocycles. The number of likely N-dealkylation sites (tertiary alicyclic amines) is 1. The minimum absolute atomic E-state index is 0.0766. The molecule has 1 unspecified atom stereocenters. The van der Waals surface area contributed by atoms with Crippen LogP contribution in [0.25, 0.3) is 0 Å². The van der Waals surface area contributed by atoms with E-state index in [1.807, 2.05) is 0 Å². The number of hydrogen-bond donors (Lipinski definition) is 2. The number of carbonyl (C=O) groups is 3. The molecule has 6 nitrogen and oxygen atoms in total. The number of carbonyl (C=O) groups excluding carboxylic acids is 3. The molecule has 26 heavy (non-hydrogen) atoms. The van der Waals surface area contributed by atoms with E-state index in [2.05, 4.69) is 5.32 Å². The van der Waals surface area contributed by atoms with Crippen LogP contribution < -0.4 is 11.1 Å². The summed E-state index contributed by atoms with van der Waals surface area (Å²) in [7, 11) is 0. The second kappa shape index (κ2) is 9.38. The van der Waals surface area contributed by atoms with Gasteiger partial charge in [-0.3, -0.25) is 14.4 Å². The molecule has 8 heteroatoms. The fraction of sp³-hybridized carbons (Fsp3) is 0.500. The lowest BCUT2D eigenvalue weighted by Crippen LogP contribution is -2.46. The highest BCUT2D eigenvalue weighted by atomic mass is 19.1. The zero-order valence-corrected chi connectivity index (χ0v) is 14.5. The van der Waals surface area contributed by atoms with Gasteiger partial charge in [-0.1, -0.05) is 0 Å². The van der Waals surface area contributed by atoms with Crippen molar-refractivity contribution in [2.45, 2.75) is 25.7 Å². The van der Waals surface area contributed by atoms with Crippen molar-refractivity contribution < 1.29 is 23.2 Å². The van der Waals surface area contributed by atoms with Gasteiger partial charge in [0.15, 0.2) is 5.78 Å². The van der Waals surface area contributed by atoms with Crippen LogP contribution in [0.2, 0.25) is 0 Å². The van der Waals surface area contributed by atoms with Crippen molar-refractivity contribution >= 4 is 17.6 Å². The fourth-order valence-electron chi connectivity index (χ4n) is 2.99. The number of nitrogens with two attached hydrogens (primary N) is 1. The molecule has 0 saturated carbocycles. The summed E-state index contributed by atoms with van der Waals surface area (Å²) in [5.74, 6) is -2.91. The molecule has 1 aliphatic rings. The smallest absolute Gasteiger partial charge is 0.224 e. The van der Waals surface area contributed by atoms with Gasteiger partial charge in [-0.25, -0.2) is 8.78 Å². The molecule has 3 N–H and O–H groups in total. The van der Waals surface area contributed by atoms with E-state index >= 15 is 0 Å². The van der Waals surface area contributed by atoms with Crippen molar-refractivity contribution in [2.24, 2.45) is 11.7 Å². The van der Waals surface area contributed by atoms with E-state index in [0.29, 0.717) is 45.1 Å². The van der Waals surface area contributed by atoms with E-state index < -0.39 is 17.4 Å². The number of piperidine rings is 1. The molecule has 0 aliphatic carbocycles. The van der Waals surface area contributed by atoms with Gasteiger partial charge in [-0.15, -0.1) is 0 Å². The van der Waals surface area contributed by atoms with Crippen LogP contribution in [-0.2, 0) is 9.59 Å². The van der Waals surface area contributed by atoms with Gasteiger partial charge in [-0.05, 0) is 25.0 Å². The molecule has 0 spiro atoms. The molecule has 142 valence electrons. The minimum atomic E-state index is -0.933. The minimum Gasteiger partial charge on any atom is -0.355 e. The van der Waals surface area contributed by atoms with Crippen molar-refractivity contribution in [2.75, 3.05) is 26.2 Å². The van der Waals surface area contributed by atoms with Crippen molar-refractivity contribution in [3.05, 3.63) is 35.4 Å². The maximum absolute atomic E-state index is 13.6. The molecule has 2 amide bonds. The summed E-state index contributed by atoms with van der Waals surface area (Å²) < 4.78 is 26.5. The predicted molar refractivity (Wildman–Crippen MR) is 91.3 cm³/mol. The van der Waals surface area contributed by atoms with Crippen molar-refractivity contribution in [3.8, 4) is 0 Å². The first-order valence-electron chi connectivity index (χ1n) is 8.66. The summed E-state index contributed by atoms with van der Waals surface area (Å²) in [4.78, 5) is 37.9. The maximum Gasteiger partial charge on any atom is 0.224 e. The fourth-order valence-corrected chi connectivity index (χ4v) is 2.99. The number of benzene rings is 1. The second-order valence-corrected chi connectivity index (χ2v) is 6.31. The zero-order valence-electron chi connectivity index (χ0n) is 14.5. The third-order valence-electron chi connectivity index (χ3n) is 4.39. The summed E-state index contributed by atoms with van der Waals surface area (Å²) >= 11 is 0. The van der Waals surface area contributed by atoms with Crippen LogP contribution in [0.5, 0.6) is 0 Å². The molecule has 1 aromatic carbocycles. The van der Waals surface area contributed by atoms with Crippen LogP contribution in [0, 0.1) is 17.6 Å². The number of rotatable bonds is 7. The summed E-state index contributed by atoms with van der Waals surface area (Å²) in [5.41, 5.74) is 5.13. The molecular weight excluding hydrogens is 344 g/mol. The Bertz CT molecular complexity index is 682. The van der Waals surface area contributed by atoms with E-state index in [1.165, 1.54) is 0 Å². The van der Waals surface area contributed by atoms with Gasteiger partial charge in [0.2, 0.25) is 11.8 Å². The SMILES string of the molecule is NCCNC(=O)C1CCCN(C(=O)CCC(=O)c2ccc(F)cc2F)C1. The van der Waals surface area contributed by atoms with Crippen LogP contribution >= 0.6 is 0 Å². The van der Waals surface area contributed by atoms with Gasteiger partial charge in [0, 0.05) is 45.1 Å². The van der Waals surface area contributed by atoms with E-state index in [4.69, 9.17) is 5.73 Å². The number of amides is 2. The molecule has 0 radical (unpaired) electrons. The first-order valence-corrected chi connectivity index (χ1v) is 8.66. The Balaban J connectivity index is 1.86. The third-order valence-corrected chi connectivity index (χ3v) is 4.39. The van der Waals surface area contributed by atoms with Gasteiger partial charge >= 0.3 is 0 Å². The third kappa shape index (κ3) is 5.32. The van der Waals surface area contributed by atoms with Gasteiger partial charge in [0.05, 0.1) is 11.5 Å². The molecule has 1 saturated heterocycles. The highest BCUT2D eigenvalue weighted by molar-refractivity contribution is 5.98. The van der Waals surface area contributed by atoms with Crippen molar-refractivity contribution in [1.29, 1.82) is 0 Å². The van der Waals surface area contributed by atoms with E-state index in [0.717, 1.165) is 12.1 Å². The van der Waals surface area contributed by atoms with Crippen LogP contribution in [-0.4, -0.2) is 48.7 Å². The number of halogens is 2. The monoisotopic (exact) mass is 367 g/mol. The Morgan fingerprint density at radius 1 is 1.23 bits per heavy atom.